The first-order valence-electron chi connectivity index (χ1n) is 9.43. The molecule has 3 heterocycles. The SMILES string of the molecule is O=C(C1CCC1)N1C[C@@H]2CC[C@H](C1)N(C(=O)Cc1ccccc1Cl)C2. The molecule has 3 aliphatic heterocycles. The van der Waals surface area contributed by atoms with Crippen LogP contribution in [0.5, 0.6) is 0 Å². The fourth-order valence-corrected chi connectivity index (χ4v) is 4.59. The number of benzene rings is 1. The minimum atomic E-state index is 0.140. The average molecular weight is 361 g/mol. The van der Waals surface area contributed by atoms with Gasteiger partial charge in [0.25, 0.3) is 0 Å². The predicted octanol–water partition coefficient (Wildman–Crippen LogP) is 3.13. The molecule has 1 aromatic rings. The zero-order chi connectivity index (χ0) is 17.4. The molecule has 0 spiro atoms. The van der Waals surface area contributed by atoms with Gasteiger partial charge in [0, 0.05) is 36.6 Å². The number of nitrogens with zero attached hydrogens (tertiary/aromatic N) is 2. The summed E-state index contributed by atoms with van der Waals surface area (Å²) in [5.74, 6) is 1.12. The molecule has 4 aliphatic rings. The fourth-order valence-electron chi connectivity index (χ4n) is 4.39. The molecule has 5 rings (SSSR count). The van der Waals surface area contributed by atoms with E-state index in [0.29, 0.717) is 29.8 Å². The molecule has 1 saturated carbocycles. The van der Waals surface area contributed by atoms with E-state index in [-0.39, 0.29) is 17.9 Å². The van der Waals surface area contributed by atoms with Gasteiger partial charge in [-0.15, -0.1) is 0 Å². The summed E-state index contributed by atoms with van der Waals surface area (Å²) in [4.78, 5) is 29.6. The van der Waals surface area contributed by atoms with E-state index >= 15 is 0 Å². The first kappa shape index (κ1) is 16.9. The van der Waals surface area contributed by atoms with Crippen LogP contribution in [0.1, 0.15) is 37.7 Å². The van der Waals surface area contributed by atoms with E-state index in [2.05, 4.69) is 4.90 Å². The van der Waals surface area contributed by atoms with Crippen molar-refractivity contribution in [2.75, 3.05) is 19.6 Å². The second-order valence-electron chi connectivity index (χ2n) is 7.78. The van der Waals surface area contributed by atoms with Gasteiger partial charge in [-0.05, 0) is 43.2 Å². The number of carbonyl (C=O) groups excluding carboxylic acids is 2. The summed E-state index contributed by atoms with van der Waals surface area (Å²) >= 11 is 6.22. The average Bonchev–Trinajstić information content (AvgIpc) is 2.87. The van der Waals surface area contributed by atoms with E-state index in [1.54, 1.807) is 0 Å². The normalized spacial score (nSPS) is 26.3. The van der Waals surface area contributed by atoms with E-state index in [0.717, 1.165) is 44.3 Å². The van der Waals surface area contributed by atoms with Gasteiger partial charge in [-0.2, -0.15) is 0 Å². The third kappa shape index (κ3) is 3.41. The molecular weight excluding hydrogens is 336 g/mol. The zero-order valence-corrected chi connectivity index (χ0v) is 15.3. The molecule has 2 atom stereocenters. The smallest absolute Gasteiger partial charge is 0.227 e. The van der Waals surface area contributed by atoms with Gasteiger partial charge >= 0.3 is 0 Å². The van der Waals surface area contributed by atoms with Crippen molar-refractivity contribution in [3.8, 4) is 0 Å². The summed E-state index contributed by atoms with van der Waals surface area (Å²) in [5.41, 5.74) is 0.886. The van der Waals surface area contributed by atoms with Crippen molar-refractivity contribution >= 4 is 23.4 Å². The van der Waals surface area contributed by atoms with Gasteiger partial charge in [0.05, 0.1) is 6.42 Å². The van der Waals surface area contributed by atoms with Crippen LogP contribution >= 0.6 is 11.6 Å². The molecule has 0 aromatic heterocycles. The second-order valence-corrected chi connectivity index (χ2v) is 8.19. The monoisotopic (exact) mass is 360 g/mol. The van der Waals surface area contributed by atoms with Crippen LogP contribution < -0.4 is 0 Å². The van der Waals surface area contributed by atoms with Crippen LogP contribution in [-0.2, 0) is 16.0 Å². The Morgan fingerprint density at radius 1 is 1.04 bits per heavy atom. The molecule has 2 amide bonds. The third-order valence-corrected chi connectivity index (χ3v) is 6.47. The predicted molar refractivity (Wildman–Crippen MR) is 97.3 cm³/mol. The lowest BCUT2D eigenvalue weighted by atomic mass is 9.84. The molecule has 0 N–H and O–H groups in total. The van der Waals surface area contributed by atoms with Crippen LogP contribution in [0.15, 0.2) is 24.3 Å². The molecule has 5 heteroatoms. The minimum absolute atomic E-state index is 0.140. The highest BCUT2D eigenvalue weighted by atomic mass is 35.5. The molecule has 1 aromatic carbocycles. The lowest BCUT2D eigenvalue weighted by molar-refractivity contribution is -0.139. The number of hydrogen-bond acceptors (Lipinski definition) is 2. The Balaban J connectivity index is 1.45. The first-order valence-corrected chi connectivity index (χ1v) is 9.81. The Labute approximate surface area is 154 Å². The molecule has 0 radical (unpaired) electrons. The van der Waals surface area contributed by atoms with Crippen LogP contribution in [0.4, 0.5) is 0 Å². The molecular formula is C20H25ClN2O2. The number of carbonyl (C=O) groups is 2. The largest absolute Gasteiger partial charge is 0.340 e. The summed E-state index contributed by atoms with van der Waals surface area (Å²) in [6.07, 6.45) is 5.74. The van der Waals surface area contributed by atoms with Gasteiger partial charge in [0.2, 0.25) is 11.8 Å². The lowest BCUT2D eigenvalue weighted by Gasteiger charge is -2.36. The Kier molecular flexibility index (Phi) is 4.72. The molecule has 4 nitrogen and oxygen atoms in total. The van der Waals surface area contributed by atoms with E-state index in [4.69, 9.17) is 11.6 Å². The Bertz CT molecular complexity index is 673. The van der Waals surface area contributed by atoms with Crippen molar-refractivity contribution in [2.24, 2.45) is 11.8 Å². The van der Waals surface area contributed by atoms with E-state index < -0.39 is 0 Å². The maximum absolute atomic E-state index is 12.9. The van der Waals surface area contributed by atoms with Gasteiger partial charge in [-0.25, -0.2) is 0 Å². The summed E-state index contributed by atoms with van der Waals surface area (Å²) in [6.45, 7) is 2.31. The molecule has 3 saturated heterocycles. The summed E-state index contributed by atoms with van der Waals surface area (Å²) in [7, 11) is 0. The van der Waals surface area contributed by atoms with Crippen molar-refractivity contribution in [1.29, 1.82) is 0 Å². The summed E-state index contributed by atoms with van der Waals surface area (Å²) < 4.78 is 0. The first-order chi connectivity index (χ1) is 12.1. The van der Waals surface area contributed by atoms with Gasteiger partial charge in [-0.3, -0.25) is 9.59 Å². The van der Waals surface area contributed by atoms with Gasteiger partial charge < -0.3 is 9.80 Å². The molecule has 4 fully saturated rings. The van der Waals surface area contributed by atoms with E-state index in [9.17, 15) is 9.59 Å². The van der Waals surface area contributed by atoms with Crippen LogP contribution in [0.2, 0.25) is 5.02 Å². The van der Waals surface area contributed by atoms with Crippen LogP contribution in [-0.4, -0.2) is 47.3 Å². The van der Waals surface area contributed by atoms with Crippen LogP contribution in [0.25, 0.3) is 0 Å². The highest BCUT2D eigenvalue weighted by molar-refractivity contribution is 6.31. The van der Waals surface area contributed by atoms with E-state index in [1.807, 2.05) is 29.2 Å². The van der Waals surface area contributed by atoms with Crippen molar-refractivity contribution in [3.63, 3.8) is 0 Å². The number of fused-ring (bicyclic) bond motifs is 4. The van der Waals surface area contributed by atoms with Crippen LogP contribution in [0.3, 0.4) is 0 Å². The topological polar surface area (TPSA) is 40.6 Å². The quantitative estimate of drug-likeness (QED) is 0.830. The summed E-state index contributed by atoms with van der Waals surface area (Å²) in [6, 6.07) is 7.72. The minimum Gasteiger partial charge on any atom is -0.340 e. The molecule has 0 unspecified atom stereocenters. The zero-order valence-electron chi connectivity index (χ0n) is 14.5. The van der Waals surface area contributed by atoms with Gasteiger partial charge in [0.15, 0.2) is 0 Å². The highest BCUT2D eigenvalue weighted by Gasteiger charge is 2.40. The van der Waals surface area contributed by atoms with Crippen molar-refractivity contribution in [1.82, 2.24) is 9.80 Å². The second kappa shape index (κ2) is 6.99. The summed E-state index contributed by atoms with van der Waals surface area (Å²) in [5, 5.41) is 0.651. The Morgan fingerprint density at radius 2 is 1.84 bits per heavy atom. The number of hydrogen-bond donors (Lipinski definition) is 0. The van der Waals surface area contributed by atoms with E-state index in [1.165, 1.54) is 6.42 Å². The number of rotatable bonds is 3. The Morgan fingerprint density at radius 3 is 2.56 bits per heavy atom. The van der Waals surface area contributed by atoms with Crippen molar-refractivity contribution < 1.29 is 9.59 Å². The molecule has 25 heavy (non-hydrogen) atoms. The van der Waals surface area contributed by atoms with Gasteiger partial charge in [-0.1, -0.05) is 36.2 Å². The highest BCUT2D eigenvalue weighted by Crippen LogP contribution is 2.33. The van der Waals surface area contributed by atoms with Gasteiger partial charge in [0.1, 0.15) is 0 Å². The van der Waals surface area contributed by atoms with Crippen LogP contribution in [0, 0.1) is 11.8 Å². The molecule has 2 bridgehead atoms. The number of amides is 2. The van der Waals surface area contributed by atoms with Crippen molar-refractivity contribution in [3.05, 3.63) is 34.9 Å². The maximum atomic E-state index is 12.9. The third-order valence-electron chi connectivity index (χ3n) is 6.10. The molecule has 134 valence electrons. The molecule has 1 aliphatic carbocycles. The number of piperidine rings is 1. The van der Waals surface area contributed by atoms with Crippen molar-refractivity contribution in [2.45, 2.75) is 44.6 Å². The lowest BCUT2D eigenvalue weighted by Crippen LogP contribution is -2.48. The Hall–Kier alpha value is -1.55. The number of halogens is 1. The maximum Gasteiger partial charge on any atom is 0.227 e. The fraction of sp³-hybridized carbons (Fsp3) is 0.600. The standard InChI is InChI=1S/C20H25ClN2O2/c21-18-7-2-1-4-16(18)10-19(24)23-12-14-8-9-17(23)13-22(11-14)20(25)15-5-3-6-15/h1-2,4,7,14-15,17H,3,5-6,8-13H2/t14-,17+/m0/s1.